The molecule has 0 spiro atoms. The van der Waals surface area contributed by atoms with Crippen molar-refractivity contribution in [3.8, 4) is 5.75 Å². The SMILES string of the molecule is CC1(C)CN(Cc2csc(COc3ccccc3)n2)CCC1N. The Bertz CT molecular complexity index is 626. The normalized spacial score (nSPS) is 21.3. The number of hydrogen-bond acceptors (Lipinski definition) is 5. The molecule has 2 aromatic rings. The Hall–Kier alpha value is -1.43. The van der Waals surface area contributed by atoms with Crippen LogP contribution in [0, 0.1) is 5.41 Å². The van der Waals surface area contributed by atoms with Gasteiger partial charge in [-0.3, -0.25) is 4.90 Å². The fourth-order valence-electron chi connectivity index (χ4n) is 3.00. The molecule has 1 aromatic heterocycles. The van der Waals surface area contributed by atoms with Crippen LogP contribution in [0.2, 0.25) is 0 Å². The highest BCUT2D eigenvalue weighted by Crippen LogP contribution is 2.28. The number of para-hydroxylation sites is 1. The van der Waals surface area contributed by atoms with Crippen LogP contribution in [0.5, 0.6) is 5.75 Å². The van der Waals surface area contributed by atoms with Crippen molar-refractivity contribution in [2.75, 3.05) is 13.1 Å². The Morgan fingerprint density at radius 3 is 2.87 bits per heavy atom. The summed E-state index contributed by atoms with van der Waals surface area (Å²) in [6.07, 6.45) is 1.06. The van der Waals surface area contributed by atoms with E-state index in [0.717, 1.165) is 42.5 Å². The molecule has 1 unspecified atom stereocenters. The number of nitrogens with two attached hydrogens (primary N) is 1. The first-order chi connectivity index (χ1) is 11.0. The van der Waals surface area contributed by atoms with Crippen LogP contribution in [-0.2, 0) is 13.2 Å². The molecule has 5 heteroatoms. The van der Waals surface area contributed by atoms with E-state index in [4.69, 9.17) is 15.5 Å². The Morgan fingerprint density at radius 2 is 2.13 bits per heavy atom. The lowest BCUT2D eigenvalue weighted by Gasteiger charge is -2.42. The van der Waals surface area contributed by atoms with Gasteiger partial charge in [0.15, 0.2) is 0 Å². The van der Waals surface area contributed by atoms with Gasteiger partial charge in [-0.15, -0.1) is 11.3 Å². The number of benzene rings is 1. The molecule has 124 valence electrons. The Kier molecular flexibility index (Phi) is 4.99. The lowest BCUT2D eigenvalue weighted by Crippen LogP contribution is -2.52. The van der Waals surface area contributed by atoms with Gasteiger partial charge in [-0.2, -0.15) is 0 Å². The number of rotatable bonds is 5. The van der Waals surface area contributed by atoms with Crippen molar-refractivity contribution in [2.45, 2.75) is 39.5 Å². The van der Waals surface area contributed by atoms with Crippen LogP contribution in [0.1, 0.15) is 31.0 Å². The molecule has 0 aliphatic carbocycles. The van der Waals surface area contributed by atoms with E-state index >= 15 is 0 Å². The number of piperidine rings is 1. The van der Waals surface area contributed by atoms with Crippen LogP contribution in [0.25, 0.3) is 0 Å². The lowest BCUT2D eigenvalue weighted by atomic mass is 9.80. The minimum atomic E-state index is 0.174. The van der Waals surface area contributed by atoms with Gasteiger partial charge in [-0.25, -0.2) is 4.98 Å². The molecule has 0 amide bonds. The van der Waals surface area contributed by atoms with Crippen molar-refractivity contribution in [1.29, 1.82) is 0 Å². The molecule has 2 N–H and O–H groups in total. The van der Waals surface area contributed by atoms with Gasteiger partial charge < -0.3 is 10.5 Å². The number of likely N-dealkylation sites (tertiary alicyclic amines) is 1. The second-order valence-corrected chi connectivity index (χ2v) is 7.87. The first-order valence-corrected chi connectivity index (χ1v) is 9.00. The van der Waals surface area contributed by atoms with Crippen molar-refractivity contribution < 1.29 is 4.74 Å². The van der Waals surface area contributed by atoms with Gasteiger partial charge in [-0.05, 0) is 24.0 Å². The van der Waals surface area contributed by atoms with Crippen molar-refractivity contribution in [3.05, 3.63) is 46.4 Å². The van der Waals surface area contributed by atoms with Crippen molar-refractivity contribution in [3.63, 3.8) is 0 Å². The summed E-state index contributed by atoms with van der Waals surface area (Å²) in [7, 11) is 0. The number of aromatic nitrogens is 1. The van der Waals surface area contributed by atoms with Crippen LogP contribution in [-0.4, -0.2) is 29.0 Å². The van der Waals surface area contributed by atoms with Crippen LogP contribution in [0.4, 0.5) is 0 Å². The van der Waals surface area contributed by atoms with Crippen LogP contribution < -0.4 is 10.5 Å². The summed E-state index contributed by atoms with van der Waals surface area (Å²) >= 11 is 1.67. The zero-order valence-electron chi connectivity index (χ0n) is 13.9. The molecular formula is C18H25N3OS. The van der Waals surface area contributed by atoms with E-state index < -0.39 is 0 Å². The topological polar surface area (TPSA) is 51.4 Å². The molecule has 1 atom stereocenters. The molecule has 1 aliphatic heterocycles. The van der Waals surface area contributed by atoms with E-state index in [1.54, 1.807) is 11.3 Å². The van der Waals surface area contributed by atoms with E-state index in [1.165, 1.54) is 0 Å². The van der Waals surface area contributed by atoms with Crippen LogP contribution in [0.3, 0.4) is 0 Å². The highest BCUT2D eigenvalue weighted by atomic mass is 32.1. The summed E-state index contributed by atoms with van der Waals surface area (Å²) < 4.78 is 5.76. The molecule has 1 fully saturated rings. The molecular weight excluding hydrogens is 306 g/mol. The van der Waals surface area contributed by atoms with E-state index in [2.05, 4.69) is 24.1 Å². The number of thiazole rings is 1. The maximum absolute atomic E-state index is 6.21. The highest BCUT2D eigenvalue weighted by Gasteiger charge is 2.33. The Morgan fingerprint density at radius 1 is 1.35 bits per heavy atom. The van der Waals surface area contributed by atoms with E-state index in [9.17, 15) is 0 Å². The molecule has 23 heavy (non-hydrogen) atoms. The second-order valence-electron chi connectivity index (χ2n) is 6.93. The summed E-state index contributed by atoms with van der Waals surface area (Å²) in [5.74, 6) is 0.885. The maximum Gasteiger partial charge on any atom is 0.140 e. The predicted molar refractivity (Wildman–Crippen MR) is 94.5 cm³/mol. The molecule has 2 heterocycles. The molecule has 0 bridgehead atoms. The Balaban J connectivity index is 1.53. The van der Waals surface area contributed by atoms with Gasteiger partial charge in [-0.1, -0.05) is 32.0 Å². The maximum atomic E-state index is 6.21. The van der Waals surface area contributed by atoms with Gasteiger partial charge in [0.1, 0.15) is 17.4 Å². The first-order valence-electron chi connectivity index (χ1n) is 8.12. The largest absolute Gasteiger partial charge is 0.486 e. The summed E-state index contributed by atoms with van der Waals surface area (Å²) in [5, 5.41) is 3.17. The zero-order valence-corrected chi connectivity index (χ0v) is 14.7. The third-order valence-corrected chi connectivity index (χ3v) is 5.35. The van der Waals surface area contributed by atoms with E-state index in [1.807, 2.05) is 30.3 Å². The monoisotopic (exact) mass is 331 g/mol. The fourth-order valence-corrected chi connectivity index (χ4v) is 3.69. The van der Waals surface area contributed by atoms with Crippen molar-refractivity contribution >= 4 is 11.3 Å². The fraction of sp³-hybridized carbons (Fsp3) is 0.500. The predicted octanol–water partition coefficient (Wildman–Crippen LogP) is 3.28. The minimum Gasteiger partial charge on any atom is -0.486 e. The number of hydrogen-bond donors (Lipinski definition) is 1. The van der Waals surface area contributed by atoms with Gasteiger partial charge in [0.25, 0.3) is 0 Å². The average molecular weight is 331 g/mol. The third kappa shape index (κ3) is 4.31. The second kappa shape index (κ2) is 6.99. The summed E-state index contributed by atoms with van der Waals surface area (Å²) in [6, 6.07) is 10.2. The van der Waals surface area contributed by atoms with Gasteiger partial charge in [0.05, 0.1) is 5.69 Å². The zero-order chi connectivity index (χ0) is 16.3. The summed E-state index contributed by atoms with van der Waals surface area (Å²) in [6.45, 7) is 8.02. The lowest BCUT2D eigenvalue weighted by molar-refractivity contribution is 0.0890. The number of nitrogens with zero attached hydrogens (tertiary/aromatic N) is 2. The molecule has 0 saturated carbocycles. The van der Waals surface area contributed by atoms with Crippen LogP contribution in [0.15, 0.2) is 35.7 Å². The molecule has 1 saturated heterocycles. The molecule has 1 aromatic carbocycles. The van der Waals surface area contributed by atoms with Gasteiger partial charge in [0, 0.05) is 31.1 Å². The van der Waals surface area contributed by atoms with Crippen molar-refractivity contribution in [1.82, 2.24) is 9.88 Å². The van der Waals surface area contributed by atoms with E-state index in [0.29, 0.717) is 12.6 Å². The quantitative estimate of drug-likeness (QED) is 0.913. The minimum absolute atomic E-state index is 0.174. The smallest absolute Gasteiger partial charge is 0.140 e. The molecule has 1 aliphatic rings. The first kappa shape index (κ1) is 16.4. The summed E-state index contributed by atoms with van der Waals surface area (Å²) in [5.41, 5.74) is 7.52. The average Bonchev–Trinajstić information content (AvgIpc) is 2.97. The molecule has 0 radical (unpaired) electrons. The third-order valence-electron chi connectivity index (χ3n) is 4.48. The Labute approximate surface area is 142 Å². The highest BCUT2D eigenvalue weighted by molar-refractivity contribution is 7.09. The summed E-state index contributed by atoms with van der Waals surface area (Å²) in [4.78, 5) is 7.17. The number of ether oxygens (including phenoxy) is 1. The standard InChI is InChI=1S/C18H25N3OS/c1-18(2)13-21(9-8-16(18)19)10-14-12-23-17(20-14)11-22-15-6-4-3-5-7-15/h3-7,12,16H,8-11,13,19H2,1-2H3. The van der Waals surface area contributed by atoms with Crippen LogP contribution >= 0.6 is 11.3 Å². The van der Waals surface area contributed by atoms with E-state index in [-0.39, 0.29) is 5.41 Å². The van der Waals surface area contributed by atoms with Gasteiger partial charge in [0.2, 0.25) is 0 Å². The van der Waals surface area contributed by atoms with Crippen molar-refractivity contribution in [2.24, 2.45) is 11.1 Å². The molecule has 4 nitrogen and oxygen atoms in total. The molecule has 3 rings (SSSR count). The van der Waals surface area contributed by atoms with Gasteiger partial charge >= 0.3 is 0 Å².